The Morgan fingerprint density at radius 3 is 2.95 bits per heavy atom. The van der Waals surface area contributed by atoms with Gasteiger partial charge < -0.3 is 9.72 Å². The number of rotatable bonds is 3. The number of aromatic nitrogens is 4. The van der Waals surface area contributed by atoms with Crippen LogP contribution in [0.2, 0.25) is 5.15 Å². The van der Waals surface area contributed by atoms with E-state index in [2.05, 4.69) is 19.9 Å². The van der Waals surface area contributed by atoms with E-state index in [4.69, 9.17) is 16.3 Å². The summed E-state index contributed by atoms with van der Waals surface area (Å²) in [4.78, 5) is 16.0. The van der Waals surface area contributed by atoms with Crippen molar-refractivity contribution in [1.82, 2.24) is 19.9 Å². The smallest absolute Gasteiger partial charge is 0.224 e. The number of hydrogen-bond donors (Lipinski definition) is 1. The van der Waals surface area contributed by atoms with E-state index in [1.54, 1.807) is 18.5 Å². The lowest BCUT2D eigenvalue weighted by Gasteiger charge is -2.33. The Hall–Kier alpha value is -2.14. The van der Waals surface area contributed by atoms with Gasteiger partial charge in [0.2, 0.25) is 5.88 Å². The van der Waals surface area contributed by atoms with Crippen LogP contribution in [-0.4, -0.2) is 26.0 Å². The standard InChI is InChI=1S/C15H13ClN4O/c16-13-8-12-11(2-1-3-17-12)15(20-13)21-10-6-9(7-10)14-18-4-5-19-14/h1-5,8-10H,6-7H2,(H,18,19). The van der Waals surface area contributed by atoms with Gasteiger partial charge in [-0.25, -0.2) is 9.97 Å². The largest absolute Gasteiger partial charge is 0.474 e. The van der Waals surface area contributed by atoms with Crippen LogP contribution >= 0.6 is 11.6 Å². The first kappa shape index (κ1) is 12.6. The summed E-state index contributed by atoms with van der Waals surface area (Å²) in [5.41, 5.74) is 0.800. The molecule has 3 heterocycles. The number of fused-ring (bicyclic) bond motifs is 1. The molecule has 0 amide bonds. The van der Waals surface area contributed by atoms with Gasteiger partial charge in [0, 0.05) is 30.6 Å². The quantitative estimate of drug-likeness (QED) is 0.754. The summed E-state index contributed by atoms with van der Waals surface area (Å²) < 4.78 is 6.00. The molecular weight excluding hydrogens is 288 g/mol. The van der Waals surface area contributed by atoms with Crippen molar-refractivity contribution >= 4 is 22.5 Å². The van der Waals surface area contributed by atoms with Gasteiger partial charge in [0.1, 0.15) is 17.1 Å². The third-order valence-electron chi connectivity index (χ3n) is 3.81. The Morgan fingerprint density at radius 1 is 1.24 bits per heavy atom. The Bertz CT molecular complexity index is 768. The molecule has 21 heavy (non-hydrogen) atoms. The highest BCUT2D eigenvalue weighted by Crippen LogP contribution is 2.38. The number of H-pyrrole nitrogens is 1. The molecule has 0 atom stereocenters. The predicted molar refractivity (Wildman–Crippen MR) is 79.5 cm³/mol. The number of nitrogens with one attached hydrogen (secondary N) is 1. The molecule has 5 nitrogen and oxygen atoms in total. The third-order valence-corrected chi connectivity index (χ3v) is 4.01. The summed E-state index contributed by atoms with van der Waals surface area (Å²) in [7, 11) is 0. The fraction of sp³-hybridized carbons (Fsp3) is 0.267. The molecule has 1 fully saturated rings. The van der Waals surface area contributed by atoms with E-state index >= 15 is 0 Å². The third kappa shape index (κ3) is 2.34. The van der Waals surface area contributed by atoms with Crippen LogP contribution in [-0.2, 0) is 0 Å². The molecule has 0 saturated heterocycles. The fourth-order valence-electron chi connectivity index (χ4n) is 2.65. The predicted octanol–water partition coefficient (Wildman–Crippen LogP) is 3.33. The summed E-state index contributed by atoms with van der Waals surface area (Å²) in [6, 6.07) is 5.57. The second-order valence-electron chi connectivity index (χ2n) is 5.20. The number of ether oxygens (including phenoxy) is 1. The Balaban J connectivity index is 1.53. The number of halogens is 1. The lowest BCUT2D eigenvalue weighted by Crippen LogP contribution is -2.33. The minimum atomic E-state index is 0.148. The van der Waals surface area contributed by atoms with E-state index in [-0.39, 0.29) is 6.10 Å². The van der Waals surface area contributed by atoms with Crippen LogP contribution in [0.5, 0.6) is 5.88 Å². The van der Waals surface area contributed by atoms with Gasteiger partial charge in [0.15, 0.2) is 0 Å². The zero-order chi connectivity index (χ0) is 14.2. The molecule has 0 bridgehead atoms. The van der Waals surface area contributed by atoms with Crippen molar-refractivity contribution in [3.63, 3.8) is 0 Å². The lowest BCUT2D eigenvalue weighted by atomic mass is 9.82. The second-order valence-corrected chi connectivity index (χ2v) is 5.59. The highest BCUT2D eigenvalue weighted by molar-refractivity contribution is 6.30. The highest BCUT2D eigenvalue weighted by Gasteiger charge is 2.34. The molecule has 3 aromatic heterocycles. The summed E-state index contributed by atoms with van der Waals surface area (Å²) in [5, 5.41) is 1.29. The maximum absolute atomic E-state index is 6.03. The normalized spacial score (nSPS) is 21.2. The van der Waals surface area contributed by atoms with Crippen LogP contribution < -0.4 is 4.74 Å². The van der Waals surface area contributed by atoms with Crippen molar-refractivity contribution in [2.75, 3.05) is 0 Å². The topological polar surface area (TPSA) is 63.7 Å². The monoisotopic (exact) mass is 300 g/mol. The molecule has 106 valence electrons. The fourth-order valence-corrected chi connectivity index (χ4v) is 2.83. The Morgan fingerprint density at radius 2 is 2.14 bits per heavy atom. The molecule has 1 aliphatic carbocycles. The van der Waals surface area contributed by atoms with Gasteiger partial charge in [0.05, 0.1) is 10.9 Å². The average Bonchev–Trinajstić information content (AvgIpc) is 2.95. The van der Waals surface area contributed by atoms with Crippen molar-refractivity contribution in [3.05, 3.63) is 47.8 Å². The van der Waals surface area contributed by atoms with E-state index < -0.39 is 0 Å². The average molecular weight is 301 g/mol. The minimum absolute atomic E-state index is 0.148. The molecule has 0 aromatic carbocycles. The van der Waals surface area contributed by atoms with E-state index in [0.717, 1.165) is 29.6 Å². The SMILES string of the molecule is Clc1cc2ncccc2c(OC2CC(c3ncc[nH]3)C2)n1. The maximum atomic E-state index is 6.03. The van der Waals surface area contributed by atoms with Crippen LogP contribution in [0, 0.1) is 0 Å². The van der Waals surface area contributed by atoms with Gasteiger partial charge >= 0.3 is 0 Å². The first-order valence-electron chi connectivity index (χ1n) is 6.87. The molecule has 6 heteroatoms. The van der Waals surface area contributed by atoms with Crippen LogP contribution in [0.4, 0.5) is 0 Å². The number of hydrogen-bond acceptors (Lipinski definition) is 4. The number of imidazole rings is 1. The van der Waals surface area contributed by atoms with Crippen molar-refractivity contribution in [1.29, 1.82) is 0 Å². The first-order valence-corrected chi connectivity index (χ1v) is 7.24. The van der Waals surface area contributed by atoms with Gasteiger partial charge in [-0.15, -0.1) is 0 Å². The molecule has 0 aliphatic heterocycles. The zero-order valence-corrected chi connectivity index (χ0v) is 11.9. The van der Waals surface area contributed by atoms with E-state index in [1.807, 2.05) is 18.3 Å². The molecule has 3 aromatic rings. The number of nitrogens with zero attached hydrogens (tertiary/aromatic N) is 3. The Labute approximate surface area is 126 Å². The van der Waals surface area contributed by atoms with E-state index in [1.165, 1.54) is 0 Å². The molecular formula is C15H13ClN4O. The van der Waals surface area contributed by atoms with Crippen molar-refractivity contribution in [2.24, 2.45) is 0 Å². The second kappa shape index (κ2) is 5.00. The van der Waals surface area contributed by atoms with Crippen molar-refractivity contribution in [3.8, 4) is 5.88 Å². The van der Waals surface area contributed by atoms with Crippen LogP contribution in [0.25, 0.3) is 10.9 Å². The van der Waals surface area contributed by atoms with E-state index in [0.29, 0.717) is 17.0 Å². The summed E-state index contributed by atoms with van der Waals surface area (Å²) in [6.45, 7) is 0. The van der Waals surface area contributed by atoms with Gasteiger partial charge in [-0.05, 0) is 25.0 Å². The van der Waals surface area contributed by atoms with Crippen molar-refractivity contribution < 1.29 is 4.74 Å². The van der Waals surface area contributed by atoms with Crippen LogP contribution in [0.15, 0.2) is 36.8 Å². The number of pyridine rings is 2. The van der Waals surface area contributed by atoms with Gasteiger partial charge in [0.25, 0.3) is 0 Å². The summed E-state index contributed by atoms with van der Waals surface area (Å²) >= 11 is 6.03. The van der Waals surface area contributed by atoms with Crippen molar-refractivity contribution in [2.45, 2.75) is 24.9 Å². The van der Waals surface area contributed by atoms with Gasteiger partial charge in [-0.2, -0.15) is 0 Å². The maximum Gasteiger partial charge on any atom is 0.224 e. The van der Waals surface area contributed by atoms with Gasteiger partial charge in [-0.3, -0.25) is 4.98 Å². The molecule has 1 aliphatic rings. The van der Waals surface area contributed by atoms with Gasteiger partial charge in [-0.1, -0.05) is 11.6 Å². The van der Waals surface area contributed by atoms with Crippen LogP contribution in [0.1, 0.15) is 24.6 Å². The highest BCUT2D eigenvalue weighted by atomic mass is 35.5. The first-order chi connectivity index (χ1) is 10.3. The Kier molecular flexibility index (Phi) is 3.00. The summed E-state index contributed by atoms with van der Waals surface area (Å²) in [6.07, 6.45) is 7.38. The molecule has 0 spiro atoms. The van der Waals surface area contributed by atoms with Crippen LogP contribution in [0.3, 0.4) is 0 Å². The molecule has 1 saturated carbocycles. The molecule has 1 N–H and O–H groups in total. The molecule has 4 rings (SSSR count). The number of aromatic amines is 1. The zero-order valence-electron chi connectivity index (χ0n) is 11.2. The molecule has 0 unspecified atom stereocenters. The molecule has 0 radical (unpaired) electrons. The minimum Gasteiger partial charge on any atom is -0.474 e. The summed E-state index contributed by atoms with van der Waals surface area (Å²) in [5.74, 6) is 2.03. The van der Waals surface area contributed by atoms with E-state index in [9.17, 15) is 0 Å². The lowest BCUT2D eigenvalue weighted by molar-refractivity contribution is 0.0925.